The van der Waals surface area contributed by atoms with E-state index in [1.165, 1.54) is 0 Å². The second-order valence-electron chi connectivity index (χ2n) is 4.49. The summed E-state index contributed by atoms with van der Waals surface area (Å²) in [6.07, 6.45) is 0. The highest BCUT2D eigenvalue weighted by Crippen LogP contribution is 2.26. The molecule has 0 aliphatic rings. The van der Waals surface area contributed by atoms with Gasteiger partial charge in [0.05, 0.1) is 5.39 Å². The van der Waals surface area contributed by atoms with Gasteiger partial charge < -0.3 is 10.2 Å². The van der Waals surface area contributed by atoms with Crippen LogP contribution < -0.4 is 16.6 Å². The number of thiophene rings is 1. The third kappa shape index (κ3) is 2.87. The van der Waals surface area contributed by atoms with Gasteiger partial charge in [-0.15, -0.1) is 11.3 Å². The number of hydrazine groups is 1. The highest BCUT2D eigenvalue weighted by Gasteiger charge is 2.11. The average molecular weight is 266 g/mol. The first-order valence-electron chi connectivity index (χ1n) is 5.73. The van der Waals surface area contributed by atoms with E-state index in [2.05, 4.69) is 32.5 Å². The third-order valence-corrected chi connectivity index (χ3v) is 3.28. The van der Waals surface area contributed by atoms with Crippen molar-refractivity contribution in [1.29, 1.82) is 0 Å². The zero-order valence-electron chi connectivity index (χ0n) is 10.8. The fourth-order valence-electron chi connectivity index (χ4n) is 1.86. The largest absolute Gasteiger partial charge is 0.366 e. The number of nitrogens with two attached hydrogens (primary N) is 1. The van der Waals surface area contributed by atoms with Gasteiger partial charge in [-0.2, -0.15) is 4.98 Å². The number of fused-ring (bicyclic) bond motifs is 1. The zero-order chi connectivity index (χ0) is 13.1. The Kier molecular flexibility index (Phi) is 3.95. The lowest BCUT2D eigenvalue weighted by molar-refractivity contribution is 0.392. The van der Waals surface area contributed by atoms with Crippen LogP contribution in [0.3, 0.4) is 0 Å². The Bertz CT molecular complexity index is 523. The molecule has 18 heavy (non-hydrogen) atoms. The van der Waals surface area contributed by atoms with Crippen molar-refractivity contribution in [3.8, 4) is 0 Å². The normalized spacial score (nSPS) is 12.9. The average Bonchev–Trinajstić information content (AvgIpc) is 2.75. The first-order valence-corrected chi connectivity index (χ1v) is 6.61. The van der Waals surface area contributed by atoms with Crippen molar-refractivity contribution in [2.24, 2.45) is 5.84 Å². The van der Waals surface area contributed by atoms with E-state index in [0.29, 0.717) is 12.0 Å². The van der Waals surface area contributed by atoms with Crippen LogP contribution in [0.15, 0.2) is 11.4 Å². The van der Waals surface area contributed by atoms with E-state index < -0.39 is 0 Å². The summed E-state index contributed by atoms with van der Waals surface area (Å²) in [5, 5.41) is 6.43. The second-order valence-corrected chi connectivity index (χ2v) is 5.38. The monoisotopic (exact) mass is 266 g/mol. The Labute approximate surface area is 110 Å². The van der Waals surface area contributed by atoms with Crippen LogP contribution in [-0.2, 0) is 0 Å². The number of rotatable bonds is 5. The summed E-state index contributed by atoms with van der Waals surface area (Å²) >= 11 is 1.57. The summed E-state index contributed by atoms with van der Waals surface area (Å²) in [4.78, 5) is 11.7. The molecule has 2 rings (SSSR count). The molecule has 2 aromatic heterocycles. The van der Waals surface area contributed by atoms with Crippen LogP contribution in [0, 0.1) is 0 Å². The Hall–Kier alpha value is -1.44. The van der Waals surface area contributed by atoms with Gasteiger partial charge in [0, 0.05) is 12.6 Å². The van der Waals surface area contributed by atoms with E-state index in [1.54, 1.807) is 11.3 Å². The van der Waals surface area contributed by atoms with Crippen LogP contribution in [0.1, 0.15) is 6.92 Å². The smallest absolute Gasteiger partial charge is 0.240 e. The number of nitrogen functional groups attached to an aromatic ring is 1. The Morgan fingerprint density at radius 2 is 2.22 bits per heavy atom. The lowest BCUT2D eigenvalue weighted by atomic mass is 10.3. The van der Waals surface area contributed by atoms with Gasteiger partial charge in [0.1, 0.15) is 10.6 Å². The predicted molar refractivity (Wildman–Crippen MR) is 76.9 cm³/mol. The molecule has 0 spiro atoms. The maximum Gasteiger partial charge on any atom is 0.240 e. The number of hydrogen-bond acceptors (Lipinski definition) is 7. The van der Waals surface area contributed by atoms with Crippen LogP contribution in [0.5, 0.6) is 0 Å². The first kappa shape index (κ1) is 13.0. The summed E-state index contributed by atoms with van der Waals surface area (Å²) in [6, 6.07) is 2.31. The molecule has 0 aliphatic heterocycles. The molecule has 2 aromatic rings. The van der Waals surface area contributed by atoms with Gasteiger partial charge in [-0.3, -0.25) is 5.43 Å². The Balaban J connectivity index is 2.28. The number of nitrogens with zero attached hydrogens (tertiary/aromatic N) is 3. The number of likely N-dealkylation sites (N-methyl/N-ethyl adjacent to an activating group) is 1. The summed E-state index contributed by atoms with van der Waals surface area (Å²) in [5.74, 6) is 6.64. The van der Waals surface area contributed by atoms with Gasteiger partial charge in [0.25, 0.3) is 0 Å². The van der Waals surface area contributed by atoms with Crippen LogP contribution in [0.25, 0.3) is 10.2 Å². The lowest BCUT2D eigenvalue weighted by Gasteiger charge is -2.19. The van der Waals surface area contributed by atoms with Gasteiger partial charge in [-0.1, -0.05) is 0 Å². The molecule has 2 heterocycles. The zero-order valence-corrected chi connectivity index (χ0v) is 11.6. The summed E-state index contributed by atoms with van der Waals surface area (Å²) in [6.45, 7) is 3.05. The fraction of sp³-hybridized carbons (Fsp3) is 0.455. The van der Waals surface area contributed by atoms with E-state index >= 15 is 0 Å². The van der Waals surface area contributed by atoms with Crippen molar-refractivity contribution >= 4 is 33.3 Å². The Morgan fingerprint density at radius 1 is 1.44 bits per heavy atom. The van der Waals surface area contributed by atoms with Gasteiger partial charge in [0.2, 0.25) is 5.95 Å². The topological polar surface area (TPSA) is 79.1 Å². The molecule has 0 aromatic carbocycles. The van der Waals surface area contributed by atoms with Crippen molar-refractivity contribution in [1.82, 2.24) is 14.9 Å². The predicted octanol–water partition coefficient (Wildman–Crippen LogP) is 1.34. The van der Waals surface area contributed by atoms with E-state index in [-0.39, 0.29) is 0 Å². The quantitative estimate of drug-likeness (QED) is 0.560. The van der Waals surface area contributed by atoms with Crippen molar-refractivity contribution in [3.63, 3.8) is 0 Å². The summed E-state index contributed by atoms with van der Waals surface area (Å²) < 4.78 is 0. The van der Waals surface area contributed by atoms with E-state index in [4.69, 9.17) is 5.84 Å². The maximum absolute atomic E-state index is 5.38. The molecule has 0 fully saturated rings. The van der Waals surface area contributed by atoms with Crippen molar-refractivity contribution in [2.45, 2.75) is 13.0 Å². The van der Waals surface area contributed by atoms with Gasteiger partial charge >= 0.3 is 0 Å². The molecule has 1 atom stereocenters. The van der Waals surface area contributed by atoms with Crippen LogP contribution in [0.2, 0.25) is 0 Å². The molecular weight excluding hydrogens is 248 g/mol. The SMILES string of the molecule is CC(CN(C)C)Nc1nc(NN)nc2sccc12. The highest BCUT2D eigenvalue weighted by molar-refractivity contribution is 7.16. The fourth-order valence-corrected chi connectivity index (χ4v) is 2.62. The number of anilines is 2. The molecule has 6 nitrogen and oxygen atoms in total. The Morgan fingerprint density at radius 3 is 2.89 bits per heavy atom. The highest BCUT2D eigenvalue weighted by atomic mass is 32.1. The van der Waals surface area contributed by atoms with Crippen LogP contribution >= 0.6 is 11.3 Å². The number of hydrogen-bond donors (Lipinski definition) is 3. The molecule has 4 N–H and O–H groups in total. The number of nitrogens with one attached hydrogen (secondary N) is 2. The molecule has 0 saturated heterocycles. The number of aromatic nitrogens is 2. The maximum atomic E-state index is 5.38. The lowest BCUT2D eigenvalue weighted by Crippen LogP contribution is -2.30. The molecule has 0 amide bonds. The molecule has 0 bridgehead atoms. The standard InChI is InChI=1S/C11H18N6S/c1-7(6-17(2)3)13-9-8-4-5-18-10(8)15-11(14-9)16-12/h4-5,7H,6,12H2,1-3H3,(H2,13,14,15,16). The van der Waals surface area contributed by atoms with E-state index in [1.807, 2.05) is 25.5 Å². The van der Waals surface area contributed by atoms with Crippen molar-refractivity contribution in [2.75, 3.05) is 31.4 Å². The molecule has 7 heteroatoms. The first-order chi connectivity index (χ1) is 8.60. The minimum atomic E-state index is 0.295. The minimum Gasteiger partial charge on any atom is -0.366 e. The van der Waals surface area contributed by atoms with Crippen molar-refractivity contribution in [3.05, 3.63) is 11.4 Å². The molecule has 0 aliphatic carbocycles. The van der Waals surface area contributed by atoms with Gasteiger partial charge in [-0.25, -0.2) is 10.8 Å². The van der Waals surface area contributed by atoms with Crippen LogP contribution in [0.4, 0.5) is 11.8 Å². The second kappa shape index (κ2) is 5.47. The van der Waals surface area contributed by atoms with Crippen LogP contribution in [-0.4, -0.2) is 41.5 Å². The van der Waals surface area contributed by atoms with E-state index in [9.17, 15) is 0 Å². The van der Waals surface area contributed by atoms with Gasteiger partial charge in [-0.05, 0) is 32.5 Å². The van der Waals surface area contributed by atoms with E-state index in [0.717, 1.165) is 22.6 Å². The molecule has 0 radical (unpaired) electrons. The third-order valence-electron chi connectivity index (χ3n) is 2.48. The summed E-state index contributed by atoms with van der Waals surface area (Å²) in [7, 11) is 4.09. The summed E-state index contributed by atoms with van der Waals surface area (Å²) in [5.41, 5.74) is 2.50. The van der Waals surface area contributed by atoms with Crippen molar-refractivity contribution < 1.29 is 0 Å². The molecular formula is C11H18N6S. The van der Waals surface area contributed by atoms with Gasteiger partial charge in [0.15, 0.2) is 0 Å². The minimum absolute atomic E-state index is 0.295. The molecule has 1 unspecified atom stereocenters. The molecule has 98 valence electrons. The molecule has 0 saturated carbocycles.